The number of amides is 2. The van der Waals surface area contributed by atoms with Gasteiger partial charge >= 0.3 is 0 Å². The Kier molecular flexibility index (Phi) is 16.1. The van der Waals surface area contributed by atoms with E-state index in [1.165, 1.54) is 31.4 Å². The van der Waals surface area contributed by atoms with Crippen molar-refractivity contribution >= 4 is 11.8 Å². The summed E-state index contributed by atoms with van der Waals surface area (Å²) in [4.78, 5) is 20.8. The summed E-state index contributed by atoms with van der Waals surface area (Å²) < 4.78 is 0. The van der Waals surface area contributed by atoms with Crippen LogP contribution in [0, 0.1) is 0 Å². The lowest BCUT2D eigenvalue weighted by Crippen LogP contribution is -2.21. The molecule has 4 nitrogen and oxygen atoms in total. The summed E-state index contributed by atoms with van der Waals surface area (Å²) in [5.74, 6) is -0.177. The fraction of sp³-hybridized carbons (Fsp3) is 0.571. The van der Waals surface area contributed by atoms with Crippen molar-refractivity contribution in [3.8, 4) is 0 Å². The van der Waals surface area contributed by atoms with Crippen LogP contribution in [0.3, 0.4) is 0 Å². The van der Waals surface area contributed by atoms with Gasteiger partial charge in [-0.2, -0.15) is 0 Å². The van der Waals surface area contributed by atoms with Crippen LogP contribution >= 0.6 is 0 Å². The molecule has 0 spiro atoms. The molecule has 2 amide bonds. The van der Waals surface area contributed by atoms with Crippen molar-refractivity contribution in [3.05, 3.63) is 25.3 Å². The Bertz CT molecular complexity index is 250. The van der Waals surface area contributed by atoms with Crippen molar-refractivity contribution < 1.29 is 9.59 Å². The van der Waals surface area contributed by atoms with Crippen molar-refractivity contribution in [2.75, 3.05) is 13.1 Å². The summed E-state index contributed by atoms with van der Waals surface area (Å²) in [6.07, 6.45) is 7.32. The average molecular weight is 254 g/mol. The summed E-state index contributed by atoms with van der Waals surface area (Å²) in [5, 5.41) is 5.27. The largest absolute Gasteiger partial charge is 0.353 e. The highest BCUT2D eigenvalue weighted by Gasteiger charge is 1.91. The molecule has 0 aromatic carbocycles. The molecule has 0 saturated carbocycles. The molecular formula is C14H26N2O2. The summed E-state index contributed by atoms with van der Waals surface area (Å²) in [6, 6.07) is 0. The van der Waals surface area contributed by atoms with Gasteiger partial charge in [-0.15, -0.1) is 0 Å². The molecule has 0 aromatic rings. The first kappa shape index (κ1) is 18.8. The third-order valence-corrected chi connectivity index (χ3v) is 2.05. The lowest BCUT2D eigenvalue weighted by molar-refractivity contribution is -0.117. The zero-order valence-corrected chi connectivity index (χ0v) is 11.6. The van der Waals surface area contributed by atoms with Crippen LogP contribution in [-0.2, 0) is 9.59 Å². The molecule has 0 radical (unpaired) electrons. The van der Waals surface area contributed by atoms with Gasteiger partial charge in [-0.1, -0.05) is 39.3 Å². The number of nitrogens with one attached hydrogen (secondary N) is 2. The molecule has 0 rings (SSSR count). The maximum Gasteiger partial charge on any atom is 0.243 e. The fourth-order valence-electron chi connectivity index (χ4n) is 1.08. The molecule has 0 unspecified atom stereocenters. The lowest BCUT2D eigenvalue weighted by Gasteiger charge is -2.00. The molecule has 104 valence electrons. The fourth-order valence-corrected chi connectivity index (χ4v) is 1.08. The van der Waals surface area contributed by atoms with Gasteiger partial charge in [-0.25, -0.2) is 0 Å². The second-order valence-electron chi connectivity index (χ2n) is 3.65. The van der Waals surface area contributed by atoms with Crippen LogP contribution in [0.1, 0.15) is 39.5 Å². The quantitative estimate of drug-likeness (QED) is 0.515. The summed E-state index contributed by atoms with van der Waals surface area (Å²) in [6.45, 7) is 12.1. The average Bonchev–Trinajstić information content (AvgIpc) is 2.39. The minimum atomic E-state index is -0.109. The van der Waals surface area contributed by atoms with E-state index in [9.17, 15) is 9.59 Å². The first-order chi connectivity index (χ1) is 8.62. The Labute approximate surface area is 111 Å². The number of hydrogen-bond acceptors (Lipinski definition) is 2. The molecule has 0 aliphatic rings. The van der Waals surface area contributed by atoms with Crippen LogP contribution in [0.2, 0.25) is 0 Å². The highest BCUT2D eigenvalue weighted by Crippen LogP contribution is 1.96. The molecular weight excluding hydrogens is 228 g/mol. The molecule has 0 fully saturated rings. The standard InChI is InChI=1S/C9H17NO.C5H9NO/c1-3-5-6-7-8-10-9(11)4-2;1-3-5(7)6-4-2/h4H,2-3,5-8H2,1H3,(H,10,11);3H,1,4H2,2H3,(H,6,7). The molecule has 0 aromatic heterocycles. The highest BCUT2D eigenvalue weighted by molar-refractivity contribution is 5.87. The van der Waals surface area contributed by atoms with E-state index >= 15 is 0 Å². The van der Waals surface area contributed by atoms with Gasteiger partial charge in [-0.05, 0) is 25.5 Å². The molecule has 4 heteroatoms. The second-order valence-corrected chi connectivity index (χ2v) is 3.65. The zero-order chi connectivity index (χ0) is 14.2. The predicted molar refractivity (Wildman–Crippen MR) is 76.2 cm³/mol. The number of carbonyl (C=O) groups is 2. The van der Waals surface area contributed by atoms with Crippen LogP contribution in [0.4, 0.5) is 0 Å². The van der Waals surface area contributed by atoms with Crippen LogP contribution < -0.4 is 10.6 Å². The number of rotatable bonds is 8. The number of likely N-dealkylation sites (N-methyl/N-ethyl adjacent to an activating group) is 1. The van der Waals surface area contributed by atoms with Crippen LogP contribution in [0.5, 0.6) is 0 Å². The van der Waals surface area contributed by atoms with Gasteiger partial charge in [0.2, 0.25) is 11.8 Å². The molecule has 0 bridgehead atoms. The molecule has 0 atom stereocenters. The smallest absolute Gasteiger partial charge is 0.243 e. The van der Waals surface area contributed by atoms with Gasteiger partial charge in [0.25, 0.3) is 0 Å². The van der Waals surface area contributed by atoms with E-state index in [4.69, 9.17) is 0 Å². The topological polar surface area (TPSA) is 58.2 Å². The van der Waals surface area contributed by atoms with Crippen molar-refractivity contribution in [3.63, 3.8) is 0 Å². The van der Waals surface area contributed by atoms with Gasteiger partial charge in [0.15, 0.2) is 0 Å². The van der Waals surface area contributed by atoms with Crippen molar-refractivity contribution in [2.24, 2.45) is 0 Å². The molecule has 0 heterocycles. The monoisotopic (exact) mass is 254 g/mol. The SMILES string of the molecule is C=CC(=O)NCC.C=CC(=O)NCCCCCC. The third kappa shape index (κ3) is 16.8. The predicted octanol–water partition coefficient (Wildman–Crippen LogP) is 2.18. The Balaban J connectivity index is 0. The van der Waals surface area contributed by atoms with Crippen molar-refractivity contribution in [1.29, 1.82) is 0 Å². The second kappa shape index (κ2) is 15.4. The summed E-state index contributed by atoms with van der Waals surface area (Å²) >= 11 is 0. The summed E-state index contributed by atoms with van der Waals surface area (Å²) in [5.41, 5.74) is 0. The van der Waals surface area contributed by atoms with Gasteiger partial charge in [0.1, 0.15) is 0 Å². The van der Waals surface area contributed by atoms with E-state index in [-0.39, 0.29) is 11.8 Å². The third-order valence-electron chi connectivity index (χ3n) is 2.05. The van der Waals surface area contributed by atoms with E-state index < -0.39 is 0 Å². The van der Waals surface area contributed by atoms with Gasteiger partial charge < -0.3 is 10.6 Å². The van der Waals surface area contributed by atoms with Gasteiger partial charge in [0.05, 0.1) is 0 Å². The minimum absolute atomic E-state index is 0.0681. The Morgan fingerprint density at radius 2 is 1.50 bits per heavy atom. The van der Waals surface area contributed by atoms with E-state index in [1.807, 2.05) is 6.92 Å². The first-order valence-corrected chi connectivity index (χ1v) is 6.42. The van der Waals surface area contributed by atoms with E-state index in [0.29, 0.717) is 6.54 Å². The Morgan fingerprint density at radius 1 is 0.944 bits per heavy atom. The minimum Gasteiger partial charge on any atom is -0.353 e. The van der Waals surface area contributed by atoms with E-state index in [1.54, 1.807) is 0 Å². The van der Waals surface area contributed by atoms with Gasteiger partial charge in [0, 0.05) is 13.1 Å². The Hall–Kier alpha value is -1.58. The molecule has 0 aliphatic heterocycles. The van der Waals surface area contributed by atoms with Crippen LogP contribution in [0.25, 0.3) is 0 Å². The highest BCUT2D eigenvalue weighted by atomic mass is 16.2. The lowest BCUT2D eigenvalue weighted by atomic mass is 10.2. The number of unbranched alkanes of at least 4 members (excludes halogenated alkanes) is 3. The Morgan fingerprint density at radius 3 is 1.89 bits per heavy atom. The maximum atomic E-state index is 10.6. The maximum absolute atomic E-state index is 10.6. The number of carbonyl (C=O) groups excluding carboxylic acids is 2. The van der Waals surface area contributed by atoms with Gasteiger partial charge in [-0.3, -0.25) is 9.59 Å². The zero-order valence-electron chi connectivity index (χ0n) is 11.6. The van der Waals surface area contributed by atoms with Crippen molar-refractivity contribution in [2.45, 2.75) is 39.5 Å². The van der Waals surface area contributed by atoms with E-state index in [0.717, 1.165) is 13.0 Å². The molecule has 2 N–H and O–H groups in total. The van der Waals surface area contributed by atoms with Crippen molar-refractivity contribution in [1.82, 2.24) is 10.6 Å². The molecule has 18 heavy (non-hydrogen) atoms. The van der Waals surface area contributed by atoms with E-state index in [2.05, 4.69) is 30.7 Å². The number of hydrogen-bond donors (Lipinski definition) is 2. The molecule has 0 saturated heterocycles. The molecule has 0 aliphatic carbocycles. The first-order valence-electron chi connectivity index (χ1n) is 6.42. The van der Waals surface area contributed by atoms with Crippen LogP contribution in [0.15, 0.2) is 25.3 Å². The van der Waals surface area contributed by atoms with Crippen LogP contribution in [-0.4, -0.2) is 24.9 Å². The normalized spacial score (nSPS) is 8.56. The summed E-state index contributed by atoms with van der Waals surface area (Å²) in [7, 11) is 0.